The highest BCUT2D eigenvalue weighted by Crippen LogP contribution is 2.35. The largest absolute Gasteiger partial charge is 0.497 e. The number of rotatable bonds is 9. The van der Waals surface area contributed by atoms with E-state index in [4.69, 9.17) is 9.47 Å². The molecule has 38 heavy (non-hydrogen) atoms. The number of nitrogens with zero attached hydrogens (tertiary/aromatic N) is 6. The maximum atomic E-state index is 13.7. The van der Waals surface area contributed by atoms with Crippen LogP contribution in [0.3, 0.4) is 0 Å². The topological polar surface area (TPSA) is 111 Å². The van der Waals surface area contributed by atoms with Gasteiger partial charge in [-0.05, 0) is 72.0 Å². The number of tetrazole rings is 1. The van der Waals surface area contributed by atoms with Gasteiger partial charge in [0, 0.05) is 48.6 Å². The lowest BCUT2D eigenvalue weighted by Crippen LogP contribution is -2.39. The molecule has 1 N–H and O–H groups in total. The second kappa shape index (κ2) is 11.0. The van der Waals surface area contributed by atoms with Crippen LogP contribution in [0.1, 0.15) is 67.6 Å². The van der Waals surface area contributed by atoms with Crippen LogP contribution in [-0.2, 0) is 11.3 Å². The molecule has 6 rings (SSSR count). The van der Waals surface area contributed by atoms with Crippen LogP contribution in [0.5, 0.6) is 5.75 Å². The van der Waals surface area contributed by atoms with E-state index in [1.54, 1.807) is 13.3 Å². The van der Waals surface area contributed by atoms with E-state index in [2.05, 4.69) is 36.5 Å². The number of H-pyrrole nitrogens is 1. The minimum atomic E-state index is -0.477. The Morgan fingerprint density at radius 1 is 1.18 bits per heavy atom. The van der Waals surface area contributed by atoms with Crippen molar-refractivity contribution in [3.8, 4) is 5.75 Å². The van der Waals surface area contributed by atoms with Crippen molar-refractivity contribution in [2.75, 3.05) is 20.3 Å². The van der Waals surface area contributed by atoms with Crippen LogP contribution in [0, 0.1) is 0 Å². The van der Waals surface area contributed by atoms with Gasteiger partial charge in [-0.15, -0.1) is 5.10 Å². The monoisotopic (exact) mass is 515 g/mol. The van der Waals surface area contributed by atoms with Crippen LogP contribution < -0.4 is 10.3 Å². The first-order valence-corrected chi connectivity index (χ1v) is 13.4. The summed E-state index contributed by atoms with van der Waals surface area (Å²) in [5.41, 5.74) is 2.25. The van der Waals surface area contributed by atoms with Crippen LogP contribution in [0.25, 0.3) is 10.9 Å². The van der Waals surface area contributed by atoms with E-state index in [1.165, 1.54) is 0 Å². The van der Waals surface area contributed by atoms with E-state index in [1.807, 2.05) is 41.2 Å². The van der Waals surface area contributed by atoms with E-state index in [9.17, 15) is 4.79 Å². The lowest BCUT2D eigenvalue weighted by Gasteiger charge is -2.33. The predicted octanol–water partition coefficient (Wildman–Crippen LogP) is 3.80. The highest BCUT2D eigenvalue weighted by Gasteiger charge is 2.35. The van der Waals surface area contributed by atoms with Gasteiger partial charge in [-0.1, -0.05) is 18.9 Å². The van der Waals surface area contributed by atoms with E-state index in [0.717, 1.165) is 67.3 Å². The molecule has 1 saturated heterocycles. The summed E-state index contributed by atoms with van der Waals surface area (Å²) in [5, 5.41) is 14.0. The molecule has 1 aromatic carbocycles. The van der Waals surface area contributed by atoms with Crippen molar-refractivity contribution >= 4 is 10.9 Å². The Hall–Kier alpha value is -3.63. The summed E-state index contributed by atoms with van der Waals surface area (Å²) in [6, 6.07) is 11.4. The van der Waals surface area contributed by atoms with Gasteiger partial charge >= 0.3 is 0 Å². The first-order valence-electron chi connectivity index (χ1n) is 13.4. The normalized spacial score (nSPS) is 18.9. The minimum Gasteiger partial charge on any atom is -0.497 e. The Morgan fingerprint density at radius 3 is 2.84 bits per heavy atom. The van der Waals surface area contributed by atoms with Gasteiger partial charge in [-0.25, -0.2) is 4.68 Å². The minimum absolute atomic E-state index is 0.0737. The fourth-order valence-corrected chi connectivity index (χ4v) is 5.86. The smallest absolute Gasteiger partial charge is 0.253 e. The fraction of sp³-hybridized carbons (Fsp3) is 0.464. The molecular formula is C28H33N7O3. The third-order valence-corrected chi connectivity index (χ3v) is 7.74. The summed E-state index contributed by atoms with van der Waals surface area (Å²) >= 11 is 0. The van der Waals surface area contributed by atoms with Crippen molar-refractivity contribution in [3.63, 3.8) is 0 Å². The van der Waals surface area contributed by atoms with Crippen LogP contribution in [-0.4, -0.2) is 61.4 Å². The van der Waals surface area contributed by atoms with Crippen molar-refractivity contribution in [1.29, 1.82) is 0 Å². The second-order valence-electron chi connectivity index (χ2n) is 10.3. The number of hydrogen-bond donors (Lipinski definition) is 1. The van der Waals surface area contributed by atoms with Gasteiger partial charge in [0.05, 0.1) is 19.3 Å². The number of methoxy groups -OCH3 is 1. The molecule has 10 nitrogen and oxygen atoms in total. The van der Waals surface area contributed by atoms with Gasteiger partial charge in [-0.3, -0.25) is 14.7 Å². The number of ether oxygens (including phenoxy) is 2. The molecule has 1 aliphatic heterocycles. The lowest BCUT2D eigenvalue weighted by molar-refractivity contribution is 0.0569. The second-order valence-corrected chi connectivity index (χ2v) is 10.3. The molecule has 2 atom stereocenters. The van der Waals surface area contributed by atoms with E-state index in [0.29, 0.717) is 24.5 Å². The molecule has 198 valence electrons. The van der Waals surface area contributed by atoms with Crippen LogP contribution >= 0.6 is 0 Å². The third kappa shape index (κ3) is 5.06. The number of aromatic amines is 1. The Bertz CT molecular complexity index is 1430. The van der Waals surface area contributed by atoms with E-state index < -0.39 is 6.04 Å². The predicted molar refractivity (Wildman–Crippen MR) is 142 cm³/mol. The van der Waals surface area contributed by atoms with Crippen LogP contribution in [0.15, 0.2) is 53.6 Å². The van der Waals surface area contributed by atoms with Crippen molar-refractivity contribution in [2.45, 2.75) is 63.3 Å². The quantitative estimate of drug-likeness (QED) is 0.358. The number of pyridine rings is 2. The first-order chi connectivity index (χ1) is 18.7. The lowest BCUT2D eigenvalue weighted by atomic mass is 10.0. The van der Waals surface area contributed by atoms with Gasteiger partial charge in [0.15, 0.2) is 5.82 Å². The Morgan fingerprint density at radius 2 is 2.08 bits per heavy atom. The molecule has 2 unspecified atom stereocenters. The molecule has 0 radical (unpaired) electrons. The molecule has 1 saturated carbocycles. The standard InChI is InChI=1S/C28H33N7O3/c1-37-22-10-11-25-20(14-22)15-24(28(36)30-25)26(27-31-32-33-35(27)21-7-2-3-8-21)34(18-23-9-5-13-38-23)17-19-6-4-12-29-16-19/h4,6,10-12,14-16,21,23,26H,2-3,5,7-9,13,17-18H2,1H3,(H,30,36). The van der Waals surface area contributed by atoms with Gasteiger partial charge in [0.25, 0.3) is 5.56 Å². The zero-order valence-corrected chi connectivity index (χ0v) is 21.6. The molecule has 4 aromatic rings. The summed E-state index contributed by atoms with van der Waals surface area (Å²) in [6.07, 6.45) is 10.1. The zero-order chi connectivity index (χ0) is 25.9. The summed E-state index contributed by atoms with van der Waals surface area (Å²) in [6.45, 7) is 1.98. The van der Waals surface area contributed by atoms with E-state index in [-0.39, 0.29) is 17.7 Å². The van der Waals surface area contributed by atoms with E-state index >= 15 is 0 Å². The van der Waals surface area contributed by atoms with Crippen molar-refractivity contribution in [3.05, 3.63) is 76.1 Å². The van der Waals surface area contributed by atoms with Crippen LogP contribution in [0.4, 0.5) is 0 Å². The van der Waals surface area contributed by atoms with Gasteiger partial charge in [0.1, 0.15) is 11.8 Å². The molecule has 10 heteroatoms. The van der Waals surface area contributed by atoms with Gasteiger partial charge in [0.2, 0.25) is 0 Å². The summed E-state index contributed by atoms with van der Waals surface area (Å²) in [4.78, 5) is 23.4. The molecule has 1 aliphatic carbocycles. The van der Waals surface area contributed by atoms with Gasteiger partial charge in [-0.2, -0.15) is 0 Å². The molecule has 0 amide bonds. The molecular weight excluding hydrogens is 482 g/mol. The number of nitrogens with one attached hydrogen (secondary N) is 1. The maximum Gasteiger partial charge on any atom is 0.253 e. The highest BCUT2D eigenvalue weighted by atomic mass is 16.5. The third-order valence-electron chi connectivity index (χ3n) is 7.74. The average molecular weight is 516 g/mol. The summed E-state index contributed by atoms with van der Waals surface area (Å²) < 4.78 is 13.5. The zero-order valence-electron chi connectivity index (χ0n) is 21.6. The number of aromatic nitrogens is 6. The Kier molecular flexibility index (Phi) is 7.15. The number of benzene rings is 1. The van der Waals surface area contributed by atoms with Gasteiger partial charge < -0.3 is 14.5 Å². The van der Waals surface area contributed by atoms with Crippen molar-refractivity contribution in [2.24, 2.45) is 0 Å². The maximum absolute atomic E-state index is 13.7. The first kappa shape index (κ1) is 24.7. The number of fused-ring (bicyclic) bond motifs is 1. The fourth-order valence-electron chi connectivity index (χ4n) is 5.86. The SMILES string of the molecule is COc1ccc2[nH]c(=O)c(C(c3nnnn3C3CCCC3)N(Cc3cccnc3)CC3CCCO3)cc2c1. The molecule has 2 aliphatic rings. The number of hydrogen-bond acceptors (Lipinski definition) is 8. The van der Waals surface area contributed by atoms with Crippen molar-refractivity contribution < 1.29 is 9.47 Å². The van der Waals surface area contributed by atoms with Crippen molar-refractivity contribution in [1.82, 2.24) is 35.1 Å². The van der Waals surface area contributed by atoms with Crippen LogP contribution in [0.2, 0.25) is 0 Å². The molecule has 3 aromatic heterocycles. The molecule has 4 heterocycles. The summed E-state index contributed by atoms with van der Waals surface area (Å²) in [7, 11) is 1.64. The Labute approximate surface area is 221 Å². The molecule has 2 fully saturated rings. The summed E-state index contributed by atoms with van der Waals surface area (Å²) in [5.74, 6) is 1.42. The Balaban J connectivity index is 1.51. The highest BCUT2D eigenvalue weighted by molar-refractivity contribution is 5.80. The molecule has 0 spiro atoms. The average Bonchev–Trinajstić information content (AvgIpc) is 3.73. The molecule has 0 bridgehead atoms.